The number of amides is 1. The monoisotopic (exact) mass is 268 g/mol. The molecule has 106 valence electrons. The van der Waals surface area contributed by atoms with E-state index in [9.17, 15) is 9.59 Å². The summed E-state index contributed by atoms with van der Waals surface area (Å²) >= 11 is 0. The van der Waals surface area contributed by atoms with Crippen LogP contribution >= 0.6 is 0 Å². The van der Waals surface area contributed by atoms with Crippen LogP contribution in [0.2, 0.25) is 0 Å². The number of carbonyl (C=O) groups excluding carboxylic acids is 1. The second-order valence-electron chi connectivity index (χ2n) is 5.34. The van der Waals surface area contributed by atoms with E-state index in [-0.39, 0.29) is 12.3 Å². The van der Waals surface area contributed by atoms with Crippen molar-refractivity contribution >= 4 is 11.9 Å². The molecule has 0 aromatic rings. The molecule has 1 amide bonds. The molecule has 0 bridgehead atoms. The van der Waals surface area contributed by atoms with Crippen LogP contribution in [0, 0.1) is 28.6 Å². The number of nitrogens with zero attached hydrogens (tertiary/aromatic N) is 2. The van der Waals surface area contributed by atoms with Gasteiger partial charge in [0, 0.05) is 20.2 Å². The van der Waals surface area contributed by atoms with Crippen LogP contribution in [-0.4, -0.2) is 48.7 Å². The molecule has 1 aliphatic carbocycles. The molecule has 0 radical (unpaired) electrons. The normalized spacial score (nSPS) is 23.5. The Labute approximate surface area is 112 Å². The Kier molecular flexibility index (Phi) is 4.90. The minimum absolute atomic E-state index is 0.190. The van der Waals surface area contributed by atoms with Gasteiger partial charge in [-0.2, -0.15) is 5.26 Å². The number of carbonyl (C=O) groups is 2. The van der Waals surface area contributed by atoms with Gasteiger partial charge >= 0.3 is 5.97 Å². The molecule has 6 heteroatoms. The van der Waals surface area contributed by atoms with Gasteiger partial charge in [0.25, 0.3) is 0 Å². The van der Waals surface area contributed by atoms with E-state index in [4.69, 9.17) is 15.1 Å². The minimum atomic E-state index is -0.935. The molecule has 1 rings (SSSR count). The highest BCUT2D eigenvalue weighted by Gasteiger charge is 2.66. The lowest BCUT2D eigenvalue weighted by Crippen LogP contribution is -2.37. The molecule has 1 N–H and O–H groups in total. The quantitative estimate of drug-likeness (QED) is 0.735. The average Bonchev–Trinajstić information content (AvgIpc) is 2.92. The first kappa shape index (κ1) is 15.4. The van der Waals surface area contributed by atoms with Crippen molar-refractivity contribution in [3.8, 4) is 6.07 Å². The topological polar surface area (TPSA) is 90.6 Å². The lowest BCUT2D eigenvalue weighted by Gasteiger charge is -2.22. The number of hydrogen-bond acceptors (Lipinski definition) is 4. The van der Waals surface area contributed by atoms with E-state index in [1.165, 1.54) is 12.0 Å². The van der Waals surface area contributed by atoms with Crippen molar-refractivity contribution in [2.24, 2.45) is 17.3 Å². The zero-order valence-corrected chi connectivity index (χ0v) is 11.5. The SMILES string of the molecule is COCCN(CCC#N)C(=O)C1C(C(=O)O)C1(C)C. The Bertz CT molecular complexity index is 400. The van der Waals surface area contributed by atoms with Gasteiger partial charge in [-0.3, -0.25) is 9.59 Å². The van der Waals surface area contributed by atoms with Gasteiger partial charge in [-0.1, -0.05) is 13.8 Å². The molecule has 0 spiro atoms. The van der Waals surface area contributed by atoms with Crippen LogP contribution in [0.5, 0.6) is 0 Å². The number of carboxylic acid groups (broad SMARTS) is 1. The fraction of sp³-hybridized carbons (Fsp3) is 0.769. The molecule has 19 heavy (non-hydrogen) atoms. The van der Waals surface area contributed by atoms with Gasteiger partial charge in [0.05, 0.1) is 30.9 Å². The molecule has 6 nitrogen and oxygen atoms in total. The van der Waals surface area contributed by atoms with E-state index in [1.54, 1.807) is 13.8 Å². The number of nitriles is 1. The number of ether oxygens (including phenoxy) is 1. The summed E-state index contributed by atoms with van der Waals surface area (Å²) in [4.78, 5) is 25.0. The second kappa shape index (κ2) is 6.02. The third-order valence-electron chi connectivity index (χ3n) is 3.73. The second-order valence-corrected chi connectivity index (χ2v) is 5.34. The molecule has 1 saturated carbocycles. The summed E-state index contributed by atoms with van der Waals surface area (Å²) < 4.78 is 4.94. The van der Waals surface area contributed by atoms with E-state index < -0.39 is 23.2 Å². The molecule has 1 fully saturated rings. The highest BCUT2D eigenvalue weighted by molar-refractivity contribution is 5.91. The molecule has 2 unspecified atom stereocenters. The van der Waals surface area contributed by atoms with Crippen molar-refractivity contribution < 1.29 is 19.4 Å². The summed E-state index contributed by atoms with van der Waals surface area (Å²) in [7, 11) is 1.54. The van der Waals surface area contributed by atoms with Gasteiger partial charge in [-0.05, 0) is 5.41 Å². The fourth-order valence-corrected chi connectivity index (χ4v) is 2.47. The van der Waals surface area contributed by atoms with Crippen LogP contribution in [0.4, 0.5) is 0 Å². The van der Waals surface area contributed by atoms with E-state index in [1.807, 2.05) is 6.07 Å². The van der Waals surface area contributed by atoms with E-state index >= 15 is 0 Å². The Morgan fingerprint density at radius 3 is 2.42 bits per heavy atom. The Balaban J connectivity index is 2.72. The molecule has 0 aliphatic heterocycles. The molecule has 0 aromatic heterocycles. The maximum absolute atomic E-state index is 12.3. The molecular weight excluding hydrogens is 248 g/mol. The standard InChI is InChI=1S/C13H20N2O4/c1-13(2)9(10(13)12(17)18)11(16)15(6-4-5-14)7-8-19-3/h9-10H,4,6-8H2,1-3H3,(H,17,18). The number of rotatable bonds is 7. The van der Waals surface area contributed by atoms with E-state index in [0.29, 0.717) is 19.7 Å². The predicted molar refractivity (Wildman–Crippen MR) is 67.1 cm³/mol. The smallest absolute Gasteiger partial charge is 0.307 e. The highest BCUT2D eigenvalue weighted by Crippen LogP contribution is 2.59. The predicted octanol–water partition coefficient (Wildman–Crippen LogP) is 0.732. The van der Waals surface area contributed by atoms with Crippen LogP contribution in [-0.2, 0) is 14.3 Å². The number of carboxylic acids is 1. The first-order chi connectivity index (χ1) is 8.87. The number of aliphatic carboxylic acids is 1. The third kappa shape index (κ3) is 3.24. The highest BCUT2D eigenvalue weighted by atomic mass is 16.5. The number of hydrogen-bond donors (Lipinski definition) is 1. The zero-order chi connectivity index (χ0) is 14.6. The zero-order valence-electron chi connectivity index (χ0n) is 11.5. The van der Waals surface area contributed by atoms with Gasteiger partial charge in [-0.25, -0.2) is 0 Å². The fourth-order valence-electron chi connectivity index (χ4n) is 2.47. The molecule has 0 heterocycles. The van der Waals surface area contributed by atoms with E-state index in [2.05, 4.69) is 0 Å². The molecule has 2 atom stereocenters. The summed E-state index contributed by atoms with van der Waals surface area (Å²) in [5.74, 6) is -2.26. The van der Waals surface area contributed by atoms with Crippen LogP contribution < -0.4 is 0 Å². The van der Waals surface area contributed by atoms with Gasteiger partial charge in [0.1, 0.15) is 0 Å². The van der Waals surface area contributed by atoms with Crippen molar-refractivity contribution in [2.45, 2.75) is 20.3 Å². The Hall–Kier alpha value is -1.61. The van der Waals surface area contributed by atoms with Gasteiger partial charge in [0.15, 0.2) is 0 Å². The maximum Gasteiger partial charge on any atom is 0.307 e. The molecular formula is C13H20N2O4. The van der Waals surface area contributed by atoms with Crippen LogP contribution in [0.1, 0.15) is 20.3 Å². The summed E-state index contributed by atoms with van der Waals surface area (Å²) in [5.41, 5.74) is -0.513. The van der Waals surface area contributed by atoms with Gasteiger partial charge in [-0.15, -0.1) is 0 Å². The largest absolute Gasteiger partial charge is 0.481 e. The average molecular weight is 268 g/mol. The van der Waals surface area contributed by atoms with Gasteiger partial charge in [0.2, 0.25) is 5.91 Å². The first-order valence-electron chi connectivity index (χ1n) is 6.25. The summed E-state index contributed by atoms with van der Waals surface area (Å²) in [6.07, 6.45) is 0.236. The maximum atomic E-state index is 12.3. The van der Waals surface area contributed by atoms with Crippen molar-refractivity contribution in [2.75, 3.05) is 26.8 Å². The summed E-state index contributed by atoms with van der Waals surface area (Å²) in [5, 5.41) is 17.7. The van der Waals surface area contributed by atoms with Gasteiger partial charge < -0.3 is 14.7 Å². The van der Waals surface area contributed by atoms with Crippen molar-refractivity contribution in [1.29, 1.82) is 5.26 Å². The van der Waals surface area contributed by atoms with Crippen molar-refractivity contribution in [1.82, 2.24) is 4.90 Å². The molecule has 0 aromatic carbocycles. The summed E-state index contributed by atoms with van der Waals surface area (Å²) in [6.45, 7) is 4.65. The van der Waals surface area contributed by atoms with Crippen LogP contribution in [0.25, 0.3) is 0 Å². The lowest BCUT2D eigenvalue weighted by molar-refractivity contribution is -0.142. The van der Waals surface area contributed by atoms with E-state index in [0.717, 1.165) is 0 Å². The lowest BCUT2D eigenvalue weighted by atomic mass is 10.1. The van der Waals surface area contributed by atoms with Crippen molar-refractivity contribution in [3.63, 3.8) is 0 Å². The third-order valence-corrected chi connectivity index (χ3v) is 3.73. The Morgan fingerprint density at radius 2 is 2.00 bits per heavy atom. The Morgan fingerprint density at radius 1 is 1.37 bits per heavy atom. The molecule has 1 aliphatic rings. The van der Waals surface area contributed by atoms with Crippen molar-refractivity contribution in [3.05, 3.63) is 0 Å². The summed E-state index contributed by atoms with van der Waals surface area (Å²) in [6, 6.07) is 1.99. The first-order valence-corrected chi connectivity index (χ1v) is 6.25. The van der Waals surface area contributed by atoms with Crippen LogP contribution in [0.15, 0.2) is 0 Å². The molecule has 0 saturated heterocycles. The minimum Gasteiger partial charge on any atom is -0.481 e. The van der Waals surface area contributed by atoms with Crippen LogP contribution in [0.3, 0.4) is 0 Å². The number of methoxy groups -OCH3 is 1.